The molecule has 8 nitrogen and oxygen atoms in total. The van der Waals surface area contributed by atoms with E-state index < -0.39 is 0 Å². The van der Waals surface area contributed by atoms with Crippen LogP contribution in [0.15, 0.2) is 6.07 Å². The van der Waals surface area contributed by atoms with Crippen molar-refractivity contribution in [1.29, 1.82) is 0 Å². The maximum absolute atomic E-state index is 15.0. The number of nitrogen functional groups attached to an aromatic ring is 1. The second-order valence-corrected chi connectivity index (χ2v) is 9.42. The van der Waals surface area contributed by atoms with Gasteiger partial charge in [0.2, 0.25) is 0 Å². The van der Waals surface area contributed by atoms with Crippen LogP contribution in [0.4, 0.5) is 15.9 Å². The lowest BCUT2D eigenvalue weighted by atomic mass is 9.91. The fourth-order valence-corrected chi connectivity index (χ4v) is 5.68. The molecular weight excluding hydrogens is 429 g/mol. The van der Waals surface area contributed by atoms with Crippen LogP contribution in [-0.2, 0) is 12.8 Å². The zero-order chi connectivity index (χ0) is 22.4. The first-order valence-corrected chi connectivity index (χ1v) is 11.7. The second kappa shape index (κ2) is 8.25. The molecule has 4 heterocycles. The molecule has 168 valence electrons. The van der Waals surface area contributed by atoms with Crippen molar-refractivity contribution >= 4 is 39.0 Å². The number of piperazine rings is 1. The molecule has 2 aliphatic rings. The molecule has 1 unspecified atom stereocenters. The summed E-state index contributed by atoms with van der Waals surface area (Å²) in [4.78, 5) is 29.8. The van der Waals surface area contributed by atoms with Crippen LogP contribution in [0.25, 0.3) is 10.2 Å². The second-order valence-electron chi connectivity index (χ2n) is 8.42. The summed E-state index contributed by atoms with van der Waals surface area (Å²) in [5.74, 6) is 0.859. The van der Waals surface area contributed by atoms with Crippen molar-refractivity contribution in [3.63, 3.8) is 0 Å². The Kier molecular flexibility index (Phi) is 5.42. The van der Waals surface area contributed by atoms with Crippen LogP contribution in [-0.4, -0.2) is 53.1 Å². The van der Waals surface area contributed by atoms with E-state index in [2.05, 4.69) is 25.5 Å². The topological polar surface area (TPSA) is 109 Å². The van der Waals surface area contributed by atoms with Crippen LogP contribution in [0.3, 0.4) is 0 Å². The van der Waals surface area contributed by atoms with Crippen LogP contribution >= 0.6 is 11.3 Å². The normalized spacial score (nSPS) is 18.6. The van der Waals surface area contributed by atoms with Gasteiger partial charge in [-0.25, -0.2) is 19.3 Å². The molecule has 0 aromatic carbocycles. The van der Waals surface area contributed by atoms with E-state index in [0.717, 1.165) is 43.0 Å². The molecule has 1 amide bonds. The number of carbonyl (C=O) groups is 1. The summed E-state index contributed by atoms with van der Waals surface area (Å²) in [7, 11) is 0. The highest BCUT2D eigenvalue weighted by Gasteiger charge is 2.28. The lowest BCUT2D eigenvalue weighted by Gasteiger charge is -2.31. The summed E-state index contributed by atoms with van der Waals surface area (Å²) in [6, 6.07) is 1.36. The summed E-state index contributed by atoms with van der Waals surface area (Å²) < 4.78 is 15.0. The van der Waals surface area contributed by atoms with Gasteiger partial charge in [0.15, 0.2) is 0 Å². The molecule has 10 heteroatoms. The number of anilines is 2. The van der Waals surface area contributed by atoms with Crippen LogP contribution < -0.4 is 21.3 Å². The molecule has 1 fully saturated rings. The summed E-state index contributed by atoms with van der Waals surface area (Å²) in [5, 5.41) is 7.08. The molecule has 0 saturated carbocycles. The molecule has 3 aromatic heterocycles. The molecular formula is C22H26FN7OS. The van der Waals surface area contributed by atoms with Crippen molar-refractivity contribution in [2.24, 2.45) is 0 Å². The van der Waals surface area contributed by atoms with E-state index >= 15 is 0 Å². The number of halogens is 1. The van der Waals surface area contributed by atoms with E-state index in [4.69, 9.17) is 10.7 Å². The third-order valence-corrected chi connectivity index (χ3v) is 7.28. The number of hydrogen-bond donors (Lipinski definition) is 3. The Morgan fingerprint density at radius 1 is 1.28 bits per heavy atom. The predicted octanol–water partition coefficient (Wildman–Crippen LogP) is 2.12. The van der Waals surface area contributed by atoms with Gasteiger partial charge in [0.25, 0.3) is 5.91 Å². The SMILES string of the molecule is Cc1nc(C)c2c(N)c(C(=O)NC3CCc4nc(N5CCNCC5)cc(F)c4C3)sc2n1. The highest BCUT2D eigenvalue weighted by atomic mass is 32.1. The Balaban J connectivity index is 1.34. The Morgan fingerprint density at radius 2 is 2.06 bits per heavy atom. The molecule has 4 N–H and O–H groups in total. The Labute approximate surface area is 189 Å². The number of nitrogens with two attached hydrogens (primary N) is 1. The number of nitrogens with one attached hydrogen (secondary N) is 2. The molecule has 1 atom stereocenters. The standard InChI is InChI=1S/C22H26FN7OS/c1-11-18-19(24)20(32-22(18)27-12(2)26-11)21(31)28-13-3-4-16-14(9-13)15(23)10-17(29-16)30-7-5-25-6-8-30/h10,13,25H,3-9,24H2,1-2H3,(H,28,31). The first-order chi connectivity index (χ1) is 15.4. The summed E-state index contributed by atoms with van der Waals surface area (Å²) >= 11 is 1.27. The molecule has 5 rings (SSSR count). The molecule has 1 saturated heterocycles. The van der Waals surface area contributed by atoms with E-state index in [9.17, 15) is 9.18 Å². The van der Waals surface area contributed by atoms with Crippen LogP contribution in [0, 0.1) is 19.7 Å². The van der Waals surface area contributed by atoms with Crippen molar-refractivity contribution in [2.75, 3.05) is 36.8 Å². The average Bonchev–Trinajstić information content (AvgIpc) is 3.11. The van der Waals surface area contributed by atoms with E-state index in [1.807, 2.05) is 13.8 Å². The minimum atomic E-state index is -0.248. The summed E-state index contributed by atoms with van der Waals surface area (Å²) in [6.07, 6.45) is 1.76. The van der Waals surface area contributed by atoms with Crippen LogP contribution in [0.2, 0.25) is 0 Å². The Hall–Kier alpha value is -2.85. The summed E-state index contributed by atoms with van der Waals surface area (Å²) in [5.41, 5.74) is 8.84. The van der Waals surface area contributed by atoms with Gasteiger partial charge in [-0.2, -0.15) is 0 Å². The third kappa shape index (κ3) is 3.77. The fourth-order valence-electron chi connectivity index (χ4n) is 4.59. The highest BCUT2D eigenvalue weighted by Crippen LogP contribution is 2.34. The van der Waals surface area contributed by atoms with Crippen molar-refractivity contribution in [1.82, 2.24) is 25.6 Å². The quantitative estimate of drug-likeness (QED) is 0.555. The number of pyridine rings is 1. The van der Waals surface area contributed by atoms with Gasteiger partial charge < -0.3 is 21.3 Å². The monoisotopic (exact) mass is 455 g/mol. The molecule has 32 heavy (non-hydrogen) atoms. The van der Waals surface area contributed by atoms with E-state index in [0.29, 0.717) is 51.9 Å². The van der Waals surface area contributed by atoms with E-state index in [1.54, 1.807) is 0 Å². The van der Waals surface area contributed by atoms with Gasteiger partial charge in [-0.05, 0) is 33.1 Å². The van der Waals surface area contributed by atoms with Gasteiger partial charge in [0.1, 0.15) is 27.2 Å². The maximum atomic E-state index is 15.0. The van der Waals surface area contributed by atoms with Gasteiger partial charge >= 0.3 is 0 Å². The Morgan fingerprint density at radius 3 is 2.84 bits per heavy atom. The first-order valence-electron chi connectivity index (χ1n) is 10.9. The lowest BCUT2D eigenvalue weighted by molar-refractivity contribution is 0.0938. The van der Waals surface area contributed by atoms with Crippen molar-refractivity contribution in [3.05, 3.63) is 39.5 Å². The van der Waals surface area contributed by atoms with E-state index in [1.165, 1.54) is 17.4 Å². The number of thiophene rings is 1. The minimum absolute atomic E-state index is 0.171. The number of hydrogen-bond acceptors (Lipinski definition) is 8. The number of carbonyl (C=O) groups excluding carboxylic acids is 1. The largest absolute Gasteiger partial charge is 0.397 e. The minimum Gasteiger partial charge on any atom is -0.397 e. The molecule has 1 aliphatic heterocycles. The smallest absolute Gasteiger partial charge is 0.263 e. The van der Waals surface area contributed by atoms with Gasteiger partial charge in [-0.1, -0.05) is 0 Å². The molecule has 1 aliphatic carbocycles. The van der Waals surface area contributed by atoms with Crippen molar-refractivity contribution in [3.8, 4) is 0 Å². The van der Waals surface area contributed by atoms with Crippen molar-refractivity contribution in [2.45, 2.75) is 39.2 Å². The number of amides is 1. The molecule has 0 radical (unpaired) electrons. The zero-order valence-electron chi connectivity index (χ0n) is 18.2. The lowest BCUT2D eigenvalue weighted by Crippen LogP contribution is -2.44. The first kappa shape index (κ1) is 21.0. The van der Waals surface area contributed by atoms with Crippen LogP contribution in [0.5, 0.6) is 0 Å². The summed E-state index contributed by atoms with van der Waals surface area (Å²) in [6.45, 7) is 7.08. The van der Waals surface area contributed by atoms with Crippen molar-refractivity contribution < 1.29 is 9.18 Å². The van der Waals surface area contributed by atoms with Gasteiger partial charge in [0.05, 0.1) is 16.8 Å². The highest BCUT2D eigenvalue weighted by molar-refractivity contribution is 7.21. The number of aromatic nitrogens is 3. The fraction of sp³-hybridized carbons (Fsp3) is 0.455. The van der Waals surface area contributed by atoms with Crippen LogP contribution in [0.1, 0.15) is 38.9 Å². The van der Waals surface area contributed by atoms with Gasteiger partial charge in [-0.3, -0.25) is 4.79 Å². The average molecular weight is 456 g/mol. The number of nitrogens with zero attached hydrogens (tertiary/aromatic N) is 4. The zero-order valence-corrected chi connectivity index (χ0v) is 19.0. The number of rotatable bonds is 3. The molecule has 0 bridgehead atoms. The van der Waals surface area contributed by atoms with Gasteiger partial charge in [0, 0.05) is 49.5 Å². The number of aryl methyl sites for hydroxylation is 3. The molecule has 3 aromatic rings. The van der Waals surface area contributed by atoms with Gasteiger partial charge in [-0.15, -0.1) is 11.3 Å². The third-order valence-electron chi connectivity index (χ3n) is 6.19. The predicted molar refractivity (Wildman–Crippen MR) is 124 cm³/mol. The Bertz CT molecular complexity index is 1200. The number of fused-ring (bicyclic) bond motifs is 2. The maximum Gasteiger partial charge on any atom is 0.263 e. The van der Waals surface area contributed by atoms with E-state index in [-0.39, 0.29) is 17.8 Å². The molecule has 0 spiro atoms.